The van der Waals surface area contributed by atoms with E-state index < -0.39 is 16.5 Å². The third-order valence-corrected chi connectivity index (χ3v) is 0.753. The molecule has 0 bridgehead atoms. The average molecular weight is 207 g/mol. The predicted octanol–water partition coefficient (Wildman–Crippen LogP) is 2.13. The van der Waals surface area contributed by atoms with E-state index in [1.54, 1.807) is 0 Å². The van der Waals surface area contributed by atoms with Crippen LogP contribution in [0.5, 0.6) is 0 Å². The van der Waals surface area contributed by atoms with Gasteiger partial charge in [0.15, 0.2) is 0 Å². The highest BCUT2D eigenvalue weighted by molar-refractivity contribution is 9.10. The third kappa shape index (κ3) is 6.30. The van der Waals surface area contributed by atoms with Crippen molar-refractivity contribution in [2.24, 2.45) is 0 Å². The fraction of sp³-hybridized carbons (Fsp3) is 0.667. The van der Waals surface area contributed by atoms with Gasteiger partial charge in [-0.25, -0.2) is 0 Å². The Hall–Kier alpha value is 0.300. The minimum Gasteiger partial charge on any atom is -0.281 e. The quantitative estimate of drug-likeness (QED) is 0.501. The molecule has 0 N–H and O–H groups in total. The Kier molecular flexibility index (Phi) is 2.83. The van der Waals surface area contributed by atoms with E-state index in [1.165, 1.54) is 0 Å². The van der Waals surface area contributed by atoms with Crippen molar-refractivity contribution in [3.63, 3.8) is 0 Å². The minimum atomic E-state index is -3.15. The molecule has 1 nitrogen and oxygen atoms in total. The highest BCUT2D eigenvalue weighted by Crippen LogP contribution is 2.26. The van der Waals surface area contributed by atoms with E-state index in [1.807, 2.05) is 15.9 Å². The lowest BCUT2D eigenvalue weighted by Crippen LogP contribution is -2.08. The van der Waals surface area contributed by atoms with E-state index in [0.717, 1.165) is 0 Å². The third-order valence-electron chi connectivity index (χ3n) is 0.339. The number of alkyl halides is 3. The summed E-state index contributed by atoms with van der Waals surface area (Å²) in [5.41, 5.74) is 0. The van der Waals surface area contributed by atoms with Gasteiger partial charge in [0.1, 0.15) is 0 Å². The second-order valence-corrected chi connectivity index (χ2v) is 2.73. The van der Waals surface area contributed by atoms with E-state index >= 15 is 0 Å². The van der Waals surface area contributed by atoms with Crippen molar-refractivity contribution >= 4 is 32.8 Å². The smallest absolute Gasteiger partial charge is 0.281 e. The van der Waals surface area contributed by atoms with Crippen LogP contribution in [0.15, 0.2) is 0 Å². The maximum atomic E-state index is 11.6. The van der Waals surface area contributed by atoms with Crippen molar-refractivity contribution in [3.8, 4) is 0 Å². The summed E-state index contributed by atoms with van der Waals surface area (Å²) in [6.07, 6.45) is -0.964. The molecule has 0 fully saturated rings. The number of hydrogen-bond acceptors (Lipinski definition) is 1. The molecule has 0 aromatic heterocycles. The number of rotatable bonds is 2. The number of carbonyl (C=O) groups is 1. The Labute approximate surface area is 58.1 Å². The maximum absolute atomic E-state index is 11.6. The maximum Gasteiger partial charge on any atom is 0.309 e. The first-order chi connectivity index (χ1) is 3.42. The van der Waals surface area contributed by atoms with E-state index in [4.69, 9.17) is 0 Å². The zero-order valence-electron chi connectivity index (χ0n) is 3.63. The zero-order valence-corrected chi connectivity index (χ0v) is 5.97. The molecular weight excluding hydrogens is 205 g/mol. The summed E-state index contributed by atoms with van der Waals surface area (Å²) in [7, 11) is 0. The van der Waals surface area contributed by atoms with Gasteiger partial charge < -0.3 is 0 Å². The van der Waals surface area contributed by atoms with Crippen LogP contribution in [0.2, 0.25) is 0 Å². The summed E-state index contributed by atoms with van der Waals surface area (Å²) in [5, 5.41) is -1.05. The summed E-state index contributed by atoms with van der Waals surface area (Å²) in [6, 6.07) is 0. The normalized spacial score (nSPS) is 11.5. The Morgan fingerprint density at radius 1 is 1.75 bits per heavy atom. The Bertz CT molecular complexity index is 99.9. The average Bonchev–Trinajstić information content (AvgIpc) is 1.21. The van der Waals surface area contributed by atoms with Crippen molar-refractivity contribution in [3.05, 3.63) is 0 Å². The summed E-state index contributed by atoms with van der Waals surface area (Å²) in [5.74, 6) is 0. The molecule has 0 spiro atoms. The van der Waals surface area contributed by atoms with Crippen molar-refractivity contribution in [1.82, 2.24) is 0 Å². The Morgan fingerprint density at radius 3 is 2.12 bits per heavy atom. The molecule has 0 aliphatic rings. The summed E-state index contributed by atoms with van der Waals surface area (Å²) in [6.45, 7) is 0. The van der Waals surface area contributed by atoms with Gasteiger partial charge in [-0.1, -0.05) is 0 Å². The molecule has 0 atom stereocenters. The molecule has 0 heterocycles. The van der Waals surface area contributed by atoms with Crippen LogP contribution in [0.25, 0.3) is 0 Å². The Morgan fingerprint density at radius 2 is 2.12 bits per heavy atom. The summed E-state index contributed by atoms with van der Waals surface area (Å²) >= 11 is 6.55. The van der Waals surface area contributed by atoms with Gasteiger partial charge in [0.2, 0.25) is 5.24 Å². The molecule has 48 valence electrons. The van der Waals surface area contributed by atoms with Crippen LogP contribution in [0.4, 0.5) is 8.78 Å². The predicted molar refractivity (Wildman–Crippen MR) is 29.4 cm³/mol. The zero-order chi connectivity index (χ0) is 6.78. The Balaban J connectivity index is 3.55. The highest BCUT2D eigenvalue weighted by Gasteiger charge is 2.26. The molecule has 5 heteroatoms. The van der Waals surface area contributed by atoms with Gasteiger partial charge in [-0.2, -0.15) is 8.78 Å². The van der Waals surface area contributed by atoms with Gasteiger partial charge in [0.05, 0.1) is 6.42 Å². The van der Waals surface area contributed by atoms with Crippen molar-refractivity contribution in [1.29, 1.82) is 0 Å². The van der Waals surface area contributed by atoms with E-state index in [2.05, 4.69) is 11.6 Å². The van der Waals surface area contributed by atoms with Gasteiger partial charge in [0.25, 0.3) is 0 Å². The molecule has 0 unspecified atom stereocenters. The van der Waals surface area contributed by atoms with Crippen LogP contribution in [0.3, 0.4) is 0 Å². The van der Waals surface area contributed by atoms with Crippen LogP contribution in [-0.2, 0) is 4.79 Å². The number of carbonyl (C=O) groups excluding carboxylic acids is 1. The SMILES string of the molecule is O=C(Cl)CC(F)(F)Br. The molecular formula is C3H2BrClF2O. The van der Waals surface area contributed by atoms with Crippen LogP contribution in [0, 0.1) is 0 Å². The lowest BCUT2D eigenvalue weighted by Gasteiger charge is -2.00. The molecule has 8 heavy (non-hydrogen) atoms. The van der Waals surface area contributed by atoms with Crippen LogP contribution in [-0.4, -0.2) is 10.1 Å². The van der Waals surface area contributed by atoms with Crippen molar-refractivity contribution in [2.45, 2.75) is 11.3 Å². The van der Waals surface area contributed by atoms with E-state index in [0.29, 0.717) is 0 Å². The first kappa shape index (κ1) is 8.30. The first-order valence-corrected chi connectivity index (χ1v) is 2.84. The lowest BCUT2D eigenvalue weighted by atomic mass is 10.5. The van der Waals surface area contributed by atoms with Crippen LogP contribution >= 0.6 is 27.5 Å². The second kappa shape index (κ2) is 2.73. The van der Waals surface area contributed by atoms with E-state index in [9.17, 15) is 13.6 Å². The summed E-state index contributed by atoms with van der Waals surface area (Å²) < 4.78 is 23.2. The fourth-order valence-corrected chi connectivity index (χ4v) is 0.741. The van der Waals surface area contributed by atoms with Crippen LogP contribution in [0.1, 0.15) is 6.42 Å². The molecule has 0 aliphatic carbocycles. The van der Waals surface area contributed by atoms with Gasteiger partial charge >= 0.3 is 4.83 Å². The van der Waals surface area contributed by atoms with Gasteiger partial charge in [0, 0.05) is 0 Å². The van der Waals surface area contributed by atoms with Gasteiger partial charge in [-0.05, 0) is 27.5 Å². The summed E-state index contributed by atoms with van der Waals surface area (Å²) in [4.78, 5) is 6.57. The first-order valence-electron chi connectivity index (χ1n) is 1.67. The topological polar surface area (TPSA) is 17.1 Å². The molecule has 0 saturated heterocycles. The number of halogens is 4. The molecule has 0 rings (SSSR count). The highest BCUT2D eigenvalue weighted by atomic mass is 79.9. The lowest BCUT2D eigenvalue weighted by molar-refractivity contribution is -0.114. The number of hydrogen-bond donors (Lipinski definition) is 0. The molecule has 0 aliphatic heterocycles. The van der Waals surface area contributed by atoms with E-state index in [-0.39, 0.29) is 0 Å². The van der Waals surface area contributed by atoms with Gasteiger partial charge in [-0.15, -0.1) is 0 Å². The molecule has 0 saturated carbocycles. The molecule has 0 radical (unpaired) electrons. The monoisotopic (exact) mass is 206 g/mol. The molecule has 0 amide bonds. The standard InChI is InChI=1S/C3H2BrClF2O/c4-3(6,7)1-2(5)8/h1H2. The van der Waals surface area contributed by atoms with Crippen molar-refractivity contribution < 1.29 is 13.6 Å². The minimum absolute atomic E-state index is 0.964. The second-order valence-electron chi connectivity index (χ2n) is 1.15. The van der Waals surface area contributed by atoms with Crippen LogP contribution < -0.4 is 0 Å². The molecule has 0 aromatic rings. The van der Waals surface area contributed by atoms with Gasteiger partial charge in [-0.3, -0.25) is 4.79 Å². The largest absolute Gasteiger partial charge is 0.309 e. The fourth-order valence-electron chi connectivity index (χ4n) is 0.158. The van der Waals surface area contributed by atoms with Crippen molar-refractivity contribution in [2.75, 3.05) is 0 Å². The molecule has 0 aromatic carbocycles.